The molecule has 0 heterocycles. The maximum atomic E-state index is 12.1. The van der Waals surface area contributed by atoms with Crippen molar-refractivity contribution in [1.29, 1.82) is 0 Å². The molecule has 0 rings (SSSR count). The van der Waals surface area contributed by atoms with Crippen LogP contribution in [0.4, 0.5) is 4.39 Å². The first-order valence-electron chi connectivity index (χ1n) is 2.33. The molecule has 56 valence electrons. The Balaban J connectivity index is 0. The molecule has 2 unspecified atom stereocenters. The zero-order valence-electron chi connectivity index (χ0n) is 4.89. The lowest BCUT2D eigenvalue weighted by Gasteiger charge is -2.06. The van der Waals surface area contributed by atoms with E-state index in [0.29, 0.717) is 6.42 Å². The third kappa shape index (κ3) is 6.54. The third-order valence-corrected chi connectivity index (χ3v) is 1.69. The van der Waals surface area contributed by atoms with Gasteiger partial charge in [0.05, 0.1) is 0 Å². The fourth-order valence-electron chi connectivity index (χ4n) is 0.295. The van der Waals surface area contributed by atoms with Gasteiger partial charge < -0.3 is 5.73 Å². The summed E-state index contributed by atoms with van der Waals surface area (Å²) in [7, 11) is 0. The molecule has 0 saturated carbocycles. The quantitative estimate of drug-likeness (QED) is 0.472. The molecule has 0 aromatic rings. The Morgan fingerprint density at radius 3 is 2.33 bits per heavy atom. The van der Waals surface area contributed by atoms with Gasteiger partial charge in [-0.1, -0.05) is 6.08 Å². The zero-order chi connectivity index (χ0) is 6.57. The minimum absolute atomic E-state index is 0. The van der Waals surface area contributed by atoms with Crippen molar-refractivity contribution in [2.45, 2.75) is 16.6 Å². The molecule has 0 aromatic carbocycles. The summed E-state index contributed by atoms with van der Waals surface area (Å²) in [6.45, 7) is 3.43. The average Bonchev–Trinajstić information content (AvgIpc) is 1.67. The smallest absolute Gasteiger partial charge is 0.166 e. The van der Waals surface area contributed by atoms with Crippen LogP contribution in [-0.2, 0) is 0 Å². The molecule has 1 nitrogen and oxygen atoms in total. The Hall–Kier alpha value is 0.650. The Bertz CT molecular complexity index is 79.4. The van der Waals surface area contributed by atoms with E-state index in [2.05, 4.69) is 6.58 Å². The minimum atomic E-state index is -0.953. The van der Waals surface area contributed by atoms with Gasteiger partial charge in [-0.15, -0.1) is 19.0 Å². The summed E-state index contributed by atoms with van der Waals surface area (Å²) < 4.78 is 11.1. The molecule has 2 N–H and O–H groups in total. The van der Waals surface area contributed by atoms with Gasteiger partial charge in [0, 0.05) is 6.04 Å². The van der Waals surface area contributed by atoms with Crippen molar-refractivity contribution in [2.24, 2.45) is 5.73 Å². The van der Waals surface area contributed by atoms with Crippen LogP contribution in [-0.4, -0.2) is 10.2 Å². The van der Waals surface area contributed by atoms with Crippen LogP contribution in [0.1, 0.15) is 6.42 Å². The predicted molar refractivity (Wildman–Crippen MR) is 49.0 cm³/mol. The summed E-state index contributed by atoms with van der Waals surface area (Å²) in [5.74, 6) is 0. The van der Waals surface area contributed by atoms with Gasteiger partial charge in [-0.25, -0.2) is 4.39 Å². The summed E-state index contributed by atoms with van der Waals surface area (Å²) in [5, 5.41) is 0. The van der Waals surface area contributed by atoms with E-state index < -0.39 is 4.18 Å². The fraction of sp³-hybridized carbons (Fsp3) is 0.600. The first-order valence-corrected chi connectivity index (χ1v) is 3.57. The zero-order valence-corrected chi connectivity index (χ0v) is 7.86. The molecule has 0 aliphatic heterocycles. The van der Waals surface area contributed by atoms with Gasteiger partial charge in [-0.2, -0.15) is 0 Å². The van der Waals surface area contributed by atoms with Crippen molar-refractivity contribution in [1.82, 2.24) is 0 Å². The van der Waals surface area contributed by atoms with Crippen LogP contribution in [0.25, 0.3) is 0 Å². The Labute approximate surface area is 74.4 Å². The molecule has 9 heavy (non-hydrogen) atoms. The number of alkyl halides is 2. The molecule has 0 spiro atoms. The summed E-state index contributed by atoms with van der Waals surface area (Å²) in [4.78, 5) is 0. The summed E-state index contributed by atoms with van der Waals surface area (Å²) in [5.41, 5.74) is 5.27. The van der Waals surface area contributed by atoms with Crippen molar-refractivity contribution in [3.63, 3.8) is 0 Å². The molecular formula is C5H10ClFIN. The van der Waals surface area contributed by atoms with E-state index in [9.17, 15) is 4.39 Å². The Morgan fingerprint density at radius 1 is 1.78 bits per heavy atom. The van der Waals surface area contributed by atoms with Crippen LogP contribution in [0, 0.1) is 0 Å². The number of rotatable bonds is 3. The van der Waals surface area contributed by atoms with Gasteiger partial charge in [0.15, 0.2) is 4.18 Å². The SMILES string of the molecule is C=CCC(N)C(F)I.Cl. The van der Waals surface area contributed by atoms with E-state index >= 15 is 0 Å². The van der Waals surface area contributed by atoms with Crippen molar-refractivity contribution in [3.05, 3.63) is 12.7 Å². The van der Waals surface area contributed by atoms with E-state index in [1.165, 1.54) is 0 Å². The monoisotopic (exact) mass is 265 g/mol. The van der Waals surface area contributed by atoms with Crippen LogP contribution >= 0.6 is 35.0 Å². The highest BCUT2D eigenvalue weighted by Crippen LogP contribution is 2.08. The minimum Gasteiger partial charge on any atom is -0.324 e. The molecule has 0 bridgehead atoms. The highest BCUT2D eigenvalue weighted by Gasteiger charge is 2.09. The van der Waals surface area contributed by atoms with Crippen LogP contribution in [0.3, 0.4) is 0 Å². The van der Waals surface area contributed by atoms with Gasteiger partial charge in [0.2, 0.25) is 0 Å². The third-order valence-electron chi connectivity index (χ3n) is 0.762. The summed E-state index contributed by atoms with van der Waals surface area (Å²) in [6, 6.07) is -0.381. The molecule has 0 radical (unpaired) electrons. The summed E-state index contributed by atoms with van der Waals surface area (Å²) >= 11 is 1.65. The molecule has 0 aliphatic rings. The molecule has 0 aliphatic carbocycles. The van der Waals surface area contributed by atoms with Crippen molar-refractivity contribution < 1.29 is 4.39 Å². The molecule has 0 fully saturated rings. The largest absolute Gasteiger partial charge is 0.324 e. The number of nitrogens with two attached hydrogens (primary N) is 1. The van der Waals surface area contributed by atoms with E-state index in [1.54, 1.807) is 28.7 Å². The highest BCUT2D eigenvalue weighted by molar-refractivity contribution is 14.1. The molecule has 4 heteroatoms. The lowest BCUT2D eigenvalue weighted by molar-refractivity contribution is 0.408. The van der Waals surface area contributed by atoms with Crippen LogP contribution in [0.5, 0.6) is 0 Å². The Morgan fingerprint density at radius 2 is 2.22 bits per heavy atom. The molecule has 0 aromatic heterocycles. The molecular weight excluding hydrogens is 255 g/mol. The normalized spacial score (nSPS) is 15.4. The topological polar surface area (TPSA) is 26.0 Å². The summed E-state index contributed by atoms with van der Waals surface area (Å²) in [6.07, 6.45) is 2.17. The van der Waals surface area contributed by atoms with Gasteiger partial charge in [0.1, 0.15) is 0 Å². The lowest BCUT2D eigenvalue weighted by Crippen LogP contribution is -2.26. The second kappa shape index (κ2) is 6.77. The number of hydrogen-bond donors (Lipinski definition) is 1. The first kappa shape index (κ1) is 12.3. The van der Waals surface area contributed by atoms with Crippen LogP contribution in [0.15, 0.2) is 12.7 Å². The predicted octanol–water partition coefficient (Wildman–Crippen LogP) is 2.04. The van der Waals surface area contributed by atoms with Crippen molar-refractivity contribution >= 4 is 35.0 Å². The van der Waals surface area contributed by atoms with Gasteiger partial charge >= 0.3 is 0 Å². The first-order chi connectivity index (χ1) is 3.68. The van der Waals surface area contributed by atoms with Crippen LogP contribution < -0.4 is 5.73 Å². The Kier molecular flexibility index (Phi) is 9.27. The van der Waals surface area contributed by atoms with Gasteiger partial charge in [-0.05, 0) is 29.0 Å². The maximum Gasteiger partial charge on any atom is 0.166 e. The van der Waals surface area contributed by atoms with E-state index in [4.69, 9.17) is 5.73 Å². The van der Waals surface area contributed by atoms with E-state index in [-0.39, 0.29) is 18.4 Å². The number of hydrogen-bond acceptors (Lipinski definition) is 1. The van der Waals surface area contributed by atoms with Gasteiger partial charge in [-0.3, -0.25) is 0 Å². The second-order valence-corrected chi connectivity index (χ2v) is 2.71. The van der Waals surface area contributed by atoms with Crippen molar-refractivity contribution in [3.8, 4) is 0 Å². The van der Waals surface area contributed by atoms with Crippen LogP contribution in [0.2, 0.25) is 0 Å². The lowest BCUT2D eigenvalue weighted by atomic mass is 10.2. The fourth-order valence-corrected chi connectivity index (χ4v) is 0.589. The van der Waals surface area contributed by atoms with Crippen molar-refractivity contribution in [2.75, 3.05) is 0 Å². The number of halogens is 3. The average molecular weight is 265 g/mol. The maximum absolute atomic E-state index is 12.1. The molecule has 2 atom stereocenters. The van der Waals surface area contributed by atoms with E-state index in [1.807, 2.05) is 0 Å². The standard InChI is InChI=1S/C5H9FIN.ClH/c1-2-3-4(8)5(6)7;/h2,4-5H,1,3,8H2;1H. The molecule has 0 saturated heterocycles. The molecule has 0 amide bonds. The van der Waals surface area contributed by atoms with E-state index in [0.717, 1.165) is 0 Å². The second-order valence-electron chi connectivity index (χ2n) is 1.52. The highest BCUT2D eigenvalue weighted by atomic mass is 127. The van der Waals surface area contributed by atoms with Gasteiger partial charge in [0.25, 0.3) is 0 Å².